The quantitative estimate of drug-likeness (QED) is 0.743. The summed E-state index contributed by atoms with van der Waals surface area (Å²) in [6.07, 6.45) is 0.239. The van der Waals surface area contributed by atoms with E-state index in [1.54, 1.807) is 24.3 Å². The second-order valence-electron chi connectivity index (χ2n) is 7.57. The number of hydrogen-bond acceptors (Lipinski definition) is 4. The van der Waals surface area contributed by atoms with Crippen LogP contribution in [0.15, 0.2) is 48.5 Å². The highest BCUT2D eigenvalue weighted by Crippen LogP contribution is 2.28. The highest BCUT2D eigenvalue weighted by Gasteiger charge is 2.43. The number of halogens is 1. The van der Waals surface area contributed by atoms with Crippen molar-refractivity contribution in [3.63, 3.8) is 0 Å². The molecule has 0 saturated carbocycles. The van der Waals surface area contributed by atoms with Crippen molar-refractivity contribution in [1.82, 2.24) is 9.80 Å². The van der Waals surface area contributed by atoms with Gasteiger partial charge in [0.2, 0.25) is 5.91 Å². The van der Waals surface area contributed by atoms with Crippen LogP contribution in [0.2, 0.25) is 5.02 Å². The summed E-state index contributed by atoms with van der Waals surface area (Å²) in [7, 11) is 0. The summed E-state index contributed by atoms with van der Waals surface area (Å²) >= 11 is 6.03. The Balaban J connectivity index is 1.38. The molecule has 0 bridgehead atoms. The first-order valence-electron chi connectivity index (χ1n) is 9.65. The van der Waals surface area contributed by atoms with Gasteiger partial charge in [0.15, 0.2) is 0 Å². The smallest absolute Gasteiger partial charge is 0.251 e. The molecule has 0 N–H and O–H groups in total. The summed E-state index contributed by atoms with van der Waals surface area (Å²) in [6, 6.07) is 15.1. The molecule has 2 aliphatic heterocycles. The summed E-state index contributed by atoms with van der Waals surface area (Å²) in [5.41, 5.74) is 3.14. The van der Waals surface area contributed by atoms with Crippen LogP contribution in [-0.4, -0.2) is 53.8 Å². The van der Waals surface area contributed by atoms with Crippen LogP contribution in [0.1, 0.15) is 17.5 Å². The number of anilines is 1. The topological polar surface area (TPSA) is 43.9 Å². The number of hydrogen-bond donors (Lipinski definition) is 0. The first-order chi connectivity index (χ1) is 13.5. The van der Waals surface area contributed by atoms with Crippen LogP contribution in [0.4, 0.5) is 5.69 Å². The summed E-state index contributed by atoms with van der Waals surface area (Å²) in [6.45, 7) is 6.39. The minimum atomic E-state index is -0.368. The van der Waals surface area contributed by atoms with E-state index in [0.29, 0.717) is 10.7 Å². The van der Waals surface area contributed by atoms with Gasteiger partial charge < -0.3 is 0 Å². The Labute approximate surface area is 170 Å². The van der Waals surface area contributed by atoms with Crippen molar-refractivity contribution in [2.75, 3.05) is 31.1 Å². The number of benzene rings is 2. The van der Waals surface area contributed by atoms with Crippen LogP contribution in [0, 0.1) is 6.92 Å². The largest absolute Gasteiger partial charge is 0.297 e. The zero-order valence-electron chi connectivity index (χ0n) is 16.0. The summed E-state index contributed by atoms with van der Waals surface area (Å²) < 4.78 is 0. The Kier molecular flexibility index (Phi) is 5.49. The lowest BCUT2D eigenvalue weighted by Gasteiger charge is -2.37. The van der Waals surface area contributed by atoms with Gasteiger partial charge in [-0.1, -0.05) is 47.5 Å². The van der Waals surface area contributed by atoms with Gasteiger partial charge in [-0.3, -0.25) is 19.4 Å². The average Bonchev–Trinajstić information content (AvgIpc) is 2.97. The standard InChI is InChI=1S/C22H24ClN3O2/c1-16-4-2-5-17(12-16)15-24-8-10-25(11-9-24)20-14-21(27)26(22(20)28)19-7-3-6-18(23)13-19/h2-7,12-13,20H,8-11,14-15H2,1H3/t20-/m1/s1. The third-order valence-corrected chi connectivity index (χ3v) is 5.76. The molecule has 0 aromatic heterocycles. The van der Waals surface area contributed by atoms with Gasteiger partial charge >= 0.3 is 0 Å². The molecule has 2 aromatic carbocycles. The fraction of sp³-hybridized carbons (Fsp3) is 0.364. The lowest BCUT2D eigenvalue weighted by Crippen LogP contribution is -2.52. The highest BCUT2D eigenvalue weighted by molar-refractivity contribution is 6.31. The molecule has 2 aromatic rings. The van der Waals surface area contributed by atoms with Crippen LogP contribution >= 0.6 is 11.6 Å². The molecule has 5 nitrogen and oxygen atoms in total. The molecule has 1 atom stereocenters. The molecule has 0 radical (unpaired) electrons. The monoisotopic (exact) mass is 397 g/mol. The molecule has 28 heavy (non-hydrogen) atoms. The lowest BCUT2D eigenvalue weighted by molar-refractivity contribution is -0.123. The highest BCUT2D eigenvalue weighted by atomic mass is 35.5. The molecular weight excluding hydrogens is 374 g/mol. The molecule has 2 aliphatic rings. The van der Waals surface area contributed by atoms with E-state index in [-0.39, 0.29) is 24.3 Å². The second kappa shape index (κ2) is 8.03. The second-order valence-corrected chi connectivity index (χ2v) is 8.00. The van der Waals surface area contributed by atoms with Crippen molar-refractivity contribution in [2.45, 2.75) is 25.9 Å². The van der Waals surface area contributed by atoms with Crippen molar-refractivity contribution in [2.24, 2.45) is 0 Å². The Hall–Kier alpha value is -2.21. The first kappa shape index (κ1) is 19.1. The van der Waals surface area contributed by atoms with Gasteiger partial charge in [-0.25, -0.2) is 4.90 Å². The number of imide groups is 1. The minimum Gasteiger partial charge on any atom is -0.297 e. The van der Waals surface area contributed by atoms with Crippen LogP contribution in [-0.2, 0) is 16.1 Å². The van der Waals surface area contributed by atoms with E-state index >= 15 is 0 Å². The number of carbonyl (C=O) groups excluding carboxylic acids is 2. The van der Waals surface area contributed by atoms with Gasteiger partial charge in [-0.15, -0.1) is 0 Å². The Morgan fingerprint density at radius 3 is 2.46 bits per heavy atom. The van der Waals surface area contributed by atoms with Crippen molar-refractivity contribution in [3.8, 4) is 0 Å². The molecule has 0 aliphatic carbocycles. The third kappa shape index (κ3) is 3.97. The SMILES string of the molecule is Cc1cccc(CN2CCN([C@@H]3CC(=O)N(c4cccc(Cl)c4)C3=O)CC2)c1. The number of amides is 2. The Morgan fingerprint density at radius 1 is 1.00 bits per heavy atom. The zero-order chi connectivity index (χ0) is 19.7. The van der Waals surface area contributed by atoms with Crippen molar-refractivity contribution in [3.05, 3.63) is 64.7 Å². The van der Waals surface area contributed by atoms with Gasteiger partial charge in [-0.05, 0) is 30.7 Å². The molecule has 4 rings (SSSR count). The summed E-state index contributed by atoms with van der Waals surface area (Å²) in [4.78, 5) is 31.3. The predicted molar refractivity (Wildman–Crippen MR) is 110 cm³/mol. The zero-order valence-corrected chi connectivity index (χ0v) is 16.7. The number of rotatable bonds is 4. The molecule has 2 amide bonds. The van der Waals surface area contributed by atoms with E-state index in [1.165, 1.54) is 16.0 Å². The first-order valence-corrected chi connectivity index (χ1v) is 10.0. The number of piperazine rings is 1. The number of aryl methyl sites for hydroxylation is 1. The molecule has 6 heteroatoms. The summed E-state index contributed by atoms with van der Waals surface area (Å²) in [5, 5.41) is 0.520. The molecule has 146 valence electrons. The van der Waals surface area contributed by atoms with Crippen LogP contribution in [0.5, 0.6) is 0 Å². The molecule has 2 heterocycles. The van der Waals surface area contributed by atoms with E-state index in [1.807, 2.05) is 0 Å². The Morgan fingerprint density at radius 2 is 1.75 bits per heavy atom. The lowest BCUT2D eigenvalue weighted by atomic mass is 10.1. The fourth-order valence-electron chi connectivity index (χ4n) is 4.09. The maximum atomic E-state index is 12.9. The normalized spacial score (nSPS) is 21.5. The Bertz CT molecular complexity index is 893. The maximum absolute atomic E-state index is 12.9. The van der Waals surface area contributed by atoms with Crippen LogP contribution in [0.25, 0.3) is 0 Å². The van der Waals surface area contributed by atoms with E-state index in [0.717, 1.165) is 32.7 Å². The van der Waals surface area contributed by atoms with Gasteiger partial charge in [0.1, 0.15) is 0 Å². The molecule has 2 fully saturated rings. The minimum absolute atomic E-state index is 0.139. The molecule has 2 saturated heterocycles. The molecule has 0 unspecified atom stereocenters. The van der Waals surface area contributed by atoms with E-state index in [9.17, 15) is 9.59 Å². The van der Waals surface area contributed by atoms with Crippen LogP contribution in [0.3, 0.4) is 0 Å². The van der Waals surface area contributed by atoms with Crippen molar-refractivity contribution >= 4 is 29.1 Å². The number of nitrogens with zero attached hydrogens (tertiary/aromatic N) is 3. The van der Waals surface area contributed by atoms with E-state index in [2.05, 4.69) is 41.0 Å². The van der Waals surface area contributed by atoms with Crippen LogP contribution < -0.4 is 4.90 Å². The predicted octanol–water partition coefficient (Wildman–Crippen LogP) is 3.10. The molecular formula is C22H24ClN3O2. The maximum Gasteiger partial charge on any atom is 0.251 e. The van der Waals surface area contributed by atoms with E-state index in [4.69, 9.17) is 11.6 Å². The third-order valence-electron chi connectivity index (χ3n) is 5.53. The van der Waals surface area contributed by atoms with Gasteiger partial charge in [0.05, 0.1) is 18.2 Å². The van der Waals surface area contributed by atoms with Gasteiger partial charge in [0, 0.05) is 37.7 Å². The fourth-order valence-corrected chi connectivity index (χ4v) is 4.27. The van der Waals surface area contributed by atoms with Gasteiger partial charge in [-0.2, -0.15) is 0 Å². The number of carbonyl (C=O) groups is 2. The average molecular weight is 398 g/mol. The van der Waals surface area contributed by atoms with E-state index < -0.39 is 0 Å². The summed E-state index contributed by atoms with van der Waals surface area (Å²) in [5.74, 6) is -0.293. The van der Waals surface area contributed by atoms with Gasteiger partial charge in [0.25, 0.3) is 5.91 Å². The van der Waals surface area contributed by atoms with Crippen molar-refractivity contribution in [1.29, 1.82) is 0 Å². The van der Waals surface area contributed by atoms with Crippen molar-refractivity contribution < 1.29 is 9.59 Å². The molecule has 0 spiro atoms.